The molecule has 0 aliphatic carbocycles. The molecule has 0 amide bonds. The van der Waals surface area contributed by atoms with Gasteiger partial charge in [-0.05, 0) is 11.6 Å². The van der Waals surface area contributed by atoms with E-state index in [-0.39, 0.29) is 5.82 Å². The number of anilines is 2. The first kappa shape index (κ1) is 9.60. The number of rotatable bonds is 0. The van der Waals surface area contributed by atoms with Crippen LogP contribution in [-0.4, -0.2) is 9.97 Å². The number of hydrogen-bond donors (Lipinski definition) is 2. The fourth-order valence-electron chi connectivity index (χ4n) is 1.83. The molecular weight excluding hydrogens is 214 g/mol. The third-order valence-electron chi connectivity index (χ3n) is 2.68. The molecule has 2 aromatic rings. The van der Waals surface area contributed by atoms with Crippen LogP contribution in [0.2, 0.25) is 0 Å². The first-order valence-corrected chi connectivity index (χ1v) is 5.23. The summed E-state index contributed by atoms with van der Waals surface area (Å²) in [6, 6.07) is 9.94. The Balaban J connectivity index is 2.07. The van der Waals surface area contributed by atoms with Crippen LogP contribution in [-0.2, 0) is 6.42 Å². The molecule has 5 nitrogen and oxygen atoms in total. The van der Waals surface area contributed by atoms with E-state index in [0.717, 1.165) is 17.7 Å². The van der Waals surface area contributed by atoms with Crippen molar-refractivity contribution >= 4 is 11.5 Å². The van der Waals surface area contributed by atoms with Gasteiger partial charge in [0.2, 0.25) is 5.82 Å². The maximum absolute atomic E-state index is 8.76. The van der Waals surface area contributed by atoms with Crippen LogP contribution < -0.4 is 10.9 Å². The van der Waals surface area contributed by atoms with Crippen LogP contribution in [0.5, 0.6) is 0 Å². The Morgan fingerprint density at radius 3 is 2.94 bits per heavy atom. The van der Waals surface area contributed by atoms with Gasteiger partial charge < -0.3 is 0 Å². The highest BCUT2D eigenvalue weighted by atomic mass is 15.4. The average molecular weight is 223 g/mol. The van der Waals surface area contributed by atoms with E-state index in [0.29, 0.717) is 5.82 Å². The van der Waals surface area contributed by atoms with Crippen molar-refractivity contribution in [3.63, 3.8) is 0 Å². The van der Waals surface area contributed by atoms with Gasteiger partial charge >= 0.3 is 0 Å². The summed E-state index contributed by atoms with van der Waals surface area (Å²) in [6.45, 7) is 0. The molecule has 2 heterocycles. The maximum atomic E-state index is 8.76. The first-order valence-electron chi connectivity index (χ1n) is 5.23. The highest BCUT2D eigenvalue weighted by Gasteiger charge is 2.13. The molecule has 0 saturated heterocycles. The lowest BCUT2D eigenvalue weighted by Gasteiger charge is -2.07. The number of hydrogen-bond acceptors (Lipinski definition) is 5. The van der Waals surface area contributed by atoms with Gasteiger partial charge in [-0.2, -0.15) is 10.2 Å². The average Bonchev–Trinajstić information content (AvgIpc) is 2.57. The third kappa shape index (κ3) is 1.66. The summed E-state index contributed by atoms with van der Waals surface area (Å²) in [5, 5.41) is 8.76. The summed E-state index contributed by atoms with van der Waals surface area (Å²) in [7, 11) is 0. The smallest absolute Gasteiger partial charge is 0.234 e. The molecule has 1 aliphatic rings. The lowest BCUT2D eigenvalue weighted by atomic mass is 10.1. The number of fused-ring (bicyclic) bond motifs is 2. The fourth-order valence-corrected chi connectivity index (χ4v) is 1.83. The molecule has 17 heavy (non-hydrogen) atoms. The summed E-state index contributed by atoms with van der Waals surface area (Å²) in [5.41, 5.74) is 9.25. The highest BCUT2D eigenvalue weighted by molar-refractivity contribution is 5.62. The van der Waals surface area contributed by atoms with Gasteiger partial charge in [-0.1, -0.05) is 18.2 Å². The van der Waals surface area contributed by atoms with Crippen molar-refractivity contribution in [3.05, 3.63) is 47.4 Å². The summed E-state index contributed by atoms with van der Waals surface area (Å²) in [5.74, 6) is 0.830. The van der Waals surface area contributed by atoms with Crippen LogP contribution >= 0.6 is 0 Å². The Hall–Kier alpha value is -2.61. The van der Waals surface area contributed by atoms with E-state index in [1.54, 1.807) is 6.20 Å². The third-order valence-corrected chi connectivity index (χ3v) is 2.68. The summed E-state index contributed by atoms with van der Waals surface area (Å²) in [4.78, 5) is 8.11. The van der Waals surface area contributed by atoms with Gasteiger partial charge in [-0.25, -0.2) is 4.98 Å². The van der Waals surface area contributed by atoms with Crippen LogP contribution in [0, 0.1) is 11.3 Å². The van der Waals surface area contributed by atoms with Gasteiger partial charge in [-0.15, -0.1) is 0 Å². The molecule has 0 atom stereocenters. The Morgan fingerprint density at radius 1 is 1.18 bits per heavy atom. The van der Waals surface area contributed by atoms with E-state index in [4.69, 9.17) is 5.26 Å². The van der Waals surface area contributed by atoms with Crippen LogP contribution in [0.1, 0.15) is 17.0 Å². The van der Waals surface area contributed by atoms with Gasteiger partial charge in [0.05, 0.1) is 5.69 Å². The normalized spacial score (nSPS) is 12.2. The SMILES string of the molecule is N#Cc1ncc2c(n1)NNc1ccccc1C2. The maximum Gasteiger partial charge on any atom is 0.234 e. The Bertz CT molecular complexity index is 615. The molecule has 5 heteroatoms. The molecule has 0 spiro atoms. The van der Waals surface area contributed by atoms with Gasteiger partial charge in [0, 0.05) is 18.2 Å². The molecule has 82 valence electrons. The lowest BCUT2D eigenvalue weighted by molar-refractivity contribution is 1.05. The van der Waals surface area contributed by atoms with Gasteiger partial charge in [0.25, 0.3) is 0 Å². The van der Waals surface area contributed by atoms with Crippen molar-refractivity contribution in [1.29, 1.82) is 5.26 Å². The molecule has 0 bridgehead atoms. The first-order chi connectivity index (χ1) is 8.36. The minimum Gasteiger partial charge on any atom is -0.299 e. The number of nitrogens with zero attached hydrogens (tertiary/aromatic N) is 3. The number of aromatic nitrogens is 2. The molecule has 0 saturated carbocycles. The van der Waals surface area contributed by atoms with Crippen molar-refractivity contribution in [2.24, 2.45) is 0 Å². The van der Waals surface area contributed by atoms with Crippen LogP contribution in [0.4, 0.5) is 11.5 Å². The molecule has 0 radical (unpaired) electrons. The molecule has 3 rings (SSSR count). The predicted molar refractivity (Wildman–Crippen MR) is 63.2 cm³/mol. The predicted octanol–water partition coefficient (Wildman–Crippen LogP) is 1.69. The van der Waals surface area contributed by atoms with Crippen molar-refractivity contribution < 1.29 is 0 Å². The van der Waals surface area contributed by atoms with Gasteiger partial charge in [0.1, 0.15) is 6.07 Å². The van der Waals surface area contributed by atoms with Crippen LogP contribution in [0.3, 0.4) is 0 Å². The second-order valence-electron chi connectivity index (χ2n) is 3.76. The monoisotopic (exact) mass is 223 g/mol. The molecule has 1 aromatic heterocycles. The molecule has 2 N–H and O–H groups in total. The largest absolute Gasteiger partial charge is 0.299 e. The Kier molecular flexibility index (Phi) is 2.12. The van der Waals surface area contributed by atoms with E-state index in [9.17, 15) is 0 Å². The number of para-hydroxylation sites is 1. The van der Waals surface area contributed by atoms with Crippen molar-refractivity contribution in [2.75, 3.05) is 10.9 Å². The summed E-state index contributed by atoms with van der Waals surface area (Å²) < 4.78 is 0. The van der Waals surface area contributed by atoms with Crippen molar-refractivity contribution in [2.45, 2.75) is 6.42 Å². The number of nitrogens with one attached hydrogen (secondary N) is 2. The van der Waals surface area contributed by atoms with Crippen molar-refractivity contribution in [3.8, 4) is 6.07 Å². The second kappa shape index (κ2) is 3.76. The lowest BCUT2D eigenvalue weighted by Crippen LogP contribution is -2.10. The van der Waals surface area contributed by atoms with Crippen LogP contribution in [0.15, 0.2) is 30.5 Å². The number of benzene rings is 1. The van der Waals surface area contributed by atoms with Crippen molar-refractivity contribution in [1.82, 2.24) is 9.97 Å². The number of nitriles is 1. The van der Waals surface area contributed by atoms with Gasteiger partial charge in [-0.3, -0.25) is 10.9 Å². The Morgan fingerprint density at radius 2 is 2.06 bits per heavy atom. The van der Waals surface area contributed by atoms with Crippen LogP contribution in [0.25, 0.3) is 0 Å². The van der Waals surface area contributed by atoms with E-state index in [2.05, 4.69) is 26.9 Å². The van der Waals surface area contributed by atoms with E-state index in [1.807, 2.05) is 24.3 Å². The minimum absolute atomic E-state index is 0.170. The van der Waals surface area contributed by atoms with E-state index in [1.165, 1.54) is 5.56 Å². The second-order valence-corrected chi connectivity index (χ2v) is 3.76. The fraction of sp³-hybridized carbons (Fsp3) is 0.0833. The minimum atomic E-state index is 0.170. The zero-order valence-corrected chi connectivity index (χ0v) is 8.94. The molecular formula is C12H9N5. The topological polar surface area (TPSA) is 73.6 Å². The zero-order chi connectivity index (χ0) is 11.7. The summed E-state index contributed by atoms with van der Waals surface area (Å²) >= 11 is 0. The Labute approximate surface area is 98.1 Å². The quantitative estimate of drug-likeness (QED) is 0.711. The molecule has 0 fully saturated rings. The number of hydrazine groups is 1. The molecule has 1 aromatic carbocycles. The zero-order valence-electron chi connectivity index (χ0n) is 8.94. The molecule has 1 aliphatic heterocycles. The van der Waals surface area contributed by atoms with Gasteiger partial charge in [0.15, 0.2) is 5.82 Å². The highest BCUT2D eigenvalue weighted by Crippen LogP contribution is 2.25. The van der Waals surface area contributed by atoms with E-state index < -0.39 is 0 Å². The standard InChI is InChI=1S/C12H9N5/c13-6-11-14-7-9-5-8-3-1-2-4-10(8)16-17-12(9)15-11/h1-4,7,16H,5H2,(H,14,15,17). The molecule has 0 unspecified atom stereocenters. The summed E-state index contributed by atoms with van der Waals surface area (Å²) in [6.07, 6.45) is 2.44. The van der Waals surface area contributed by atoms with E-state index >= 15 is 0 Å².